The van der Waals surface area contributed by atoms with E-state index in [1.807, 2.05) is 72.4 Å². The van der Waals surface area contributed by atoms with Crippen LogP contribution in [0.4, 0.5) is 0 Å². The molecule has 1 aliphatic heterocycles. The zero-order valence-corrected chi connectivity index (χ0v) is 17.1. The molecule has 6 heteroatoms. The molecule has 154 valence electrons. The molecule has 1 N–H and O–H groups in total. The van der Waals surface area contributed by atoms with Crippen LogP contribution in [0.15, 0.2) is 67.0 Å². The highest BCUT2D eigenvalue weighted by Crippen LogP contribution is 2.20. The third-order valence-corrected chi connectivity index (χ3v) is 5.50. The van der Waals surface area contributed by atoms with Gasteiger partial charge in [0, 0.05) is 38.4 Å². The molecule has 1 saturated heterocycles. The summed E-state index contributed by atoms with van der Waals surface area (Å²) in [6, 6.07) is 18.2. The molecular formula is C24H26N4O2. The number of carbonyl (C=O) groups is 2. The summed E-state index contributed by atoms with van der Waals surface area (Å²) in [7, 11) is 0. The molecule has 1 aromatic heterocycles. The summed E-state index contributed by atoms with van der Waals surface area (Å²) in [6.45, 7) is 3.64. The van der Waals surface area contributed by atoms with Crippen LogP contribution in [-0.4, -0.2) is 39.6 Å². The minimum Gasteiger partial charge on any atom is -0.355 e. The molecule has 2 heterocycles. The van der Waals surface area contributed by atoms with Gasteiger partial charge in [0.25, 0.3) is 0 Å². The summed E-state index contributed by atoms with van der Waals surface area (Å²) in [5.41, 5.74) is 4.44. The Labute approximate surface area is 176 Å². The van der Waals surface area contributed by atoms with Crippen molar-refractivity contribution in [2.45, 2.75) is 26.3 Å². The molecule has 0 spiro atoms. The van der Waals surface area contributed by atoms with Gasteiger partial charge in [-0.15, -0.1) is 0 Å². The SMILES string of the molecule is Cc1ccc(CN2CC(C(=O)NCCc3ccc(-n4cccn4)cc3)CC2=O)cc1. The number of hydrogen-bond acceptors (Lipinski definition) is 3. The fraction of sp³-hybridized carbons (Fsp3) is 0.292. The third kappa shape index (κ3) is 4.76. The number of rotatable bonds is 7. The van der Waals surface area contributed by atoms with Crippen molar-refractivity contribution in [2.75, 3.05) is 13.1 Å². The molecule has 3 aromatic rings. The molecule has 4 rings (SSSR count). The molecule has 2 amide bonds. The van der Waals surface area contributed by atoms with Crippen LogP contribution >= 0.6 is 0 Å². The maximum absolute atomic E-state index is 12.5. The lowest BCUT2D eigenvalue weighted by molar-refractivity contribution is -0.129. The number of hydrogen-bond donors (Lipinski definition) is 1. The lowest BCUT2D eigenvalue weighted by atomic mass is 10.1. The highest BCUT2D eigenvalue weighted by molar-refractivity contribution is 5.89. The number of carbonyl (C=O) groups excluding carboxylic acids is 2. The first kappa shape index (κ1) is 19.9. The van der Waals surface area contributed by atoms with Crippen LogP contribution < -0.4 is 5.32 Å². The van der Waals surface area contributed by atoms with E-state index < -0.39 is 0 Å². The number of aromatic nitrogens is 2. The van der Waals surface area contributed by atoms with E-state index in [9.17, 15) is 9.59 Å². The van der Waals surface area contributed by atoms with Gasteiger partial charge >= 0.3 is 0 Å². The molecule has 6 nitrogen and oxygen atoms in total. The van der Waals surface area contributed by atoms with E-state index in [0.29, 0.717) is 19.6 Å². The van der Waals surface area contributed by atoms with Crippen molar-refractivity contribution < 1.29 is 9.59 Å². The Bertz CT molecular complexity index is 995. The van der Waals surface area contributed by atoms with Crippen LogP contribution in [0.25, 0.3) is 5.69 Å². The van der Waals surface area contributed by atoms with E-state index in [4.69, 9.17) is 0 Å². The van der Waals surface area contributed by atoms with Crippen LogP contribution in [0.2, 0.25) is 0 Å². The average molecular weight is 402 g/mol. The van der Waals surface area contributed by atoms with Crippen LogP contribution in [0.3, 0.4) is 0 Å². The van der Waals surface area contributed by atoms with Crippen LogP contribution in [-0.2, 0) is 22.6 Å². The lowest BCUT2D eigenvalue weighted by Gasteiger charge is -2.17. The maximum Gasteiger partial charge on any atom is 0.225 e. The van der Waals surface area contributed by atoms with Gasteiger partial charge in [-0.25, -0.2) is 4.68 Å². The lowest BCUT2D eigenvalue weighted by Crippen LogP contribution is -2.34. The minimum absolute atomic E-state index is 0.0390. The van der Waals surface area contributed by atoms with Gasteiger partial charge in [0.15, 0.2) is 0 Å². The summed E-state index contributed by atoms with van der Waals surface area (Å²) >= 11 is 0. The first-order valence-corrected chi connectivity index (χ1v) is 10.3. The molecule has 1 atom stereocenters. The van der Waals surface area contributed by atoms with E-state index in [1.165, 1.54) is 5.56 Å². The van der Waals surface area contributed by atoms with Gasteiger partial charge in [-0.3, -0.25) is 9.59 Å². The van der Waals surface area contributed by atoms with Gasteiger partial charge < -0.3 is 10.2 Å². The third-order valence-electron chi connectivity index (χ3n) is 5.50. The average Bonchev–Trinajstić information content (AvgIpc) is 3.41. The number of aryl methyl sites for hydroxylation is 1. The summed E-state index contributed by atoms with van der Waals surface area (Å²) in [5.74, 6) is -0.266. The number of nitrogens with one attached hydrogen (secondary N) is 1. The second-order valence-corrected chi connectivity index (χ2v) is 7.82. The minimum atomic E-state index is -0.273. The zero-order valence-electron chi connectivity index (χ0n) is 17.1. The summed E-state index contributed by atoms with van der Waals surface area (Å²) in [5, 5.41) is 7.21. The van der Waals surface area contributed by atoms with Crippen LogP contribution in [0.5, 0.6) is 0 Å². The van der Waals surface area contributed by atoms with Crippen LogP contribution in [0.1, 0.15) is 23.1 Å². The second-order valence-electron chi connectivity index (χ2n) is 7.82. The quantitative estimate of drug-likeness (QED) is 0.661. The first-order chi connectivity index (χ1) is 14.6. The van der Waals surface area contributed by atoms with Gasteiger partial charge in [0.2, 0.25) is 11.8 Å². The maximum atomic E-state index is 12.5. The van der Waals surface area contributed by atoms with Crippen molar-refractivity contribution in [3.8, 4) is 5.69 Å². The predicted molar refractivity (Wildman–Crippen MR) is 115 cm³/mol. The number of likely N-dealkylation sites (tertiary alicyclic amines) is 1. The number of nitrogens with zero attached hydrogens (tertiary/aromatic N) is 3. The van der Waals surface area contributed by atoms with E-state index in [2.05, 4.69) is 10.4 Å². The molecule has 30 heavy (non-hydrogen) atoms. The largest absolute Gasteiger partial charge is 0.355 e. The van der Waals surface area contributed by atoms with E-state index in [0.717, 1.165) is 23.2 Å². The van der Waals surface area contributed by atoms with Crippen molar-refractivity contribution in [1.82, 2.24) is 20.0 Å². The fourth-order valence-electron chi connectivity index (χ4n) is 3.73. The van der Waals surface area contributed by atoms with E-state index in [-0.39, 0.29) is 24.2 Å². The zero-order chi connectivity index (χ0) is 20.9. The van der Waals surface area contributed by atoms with Crippen molar-refractivity contribution >= 4 is 11.8 Å². The van der Waals surface area contributed by atoms with Crippen LogP contribution in [0, 0.1) is 12.8 Å². The molecule has 0 radical (unpaired) electrons. The normalized spacial score (nSPS) is 16.1. The summed E-state index contributed by atoms with van der Waals surface area (Å²) in [6.07, 6.45) is 4.69. The molecule has 0 saturated carbocycles. The number of amides is 2. The molecule has 1 unspecified atom stereocenters. The molecule has 2 aromatic carbocycles. The van der Waals surface area contributed by atoms with Gasteiger partial charge in [-0.2, -0.15) is 5.10 Å². The molecule has 1 aliphatic rings. The Morgan fingerprint density at radius 3 is 2.53 bits per heavy atom. The van der Waals surface area contributed by atoms with Crippen molar-refractivity contribution in [1.29, 1.82) is 0 Å². The molecule has 1 fully saturated rings. The molecule has 0 bridgehead atoms. The monoisotopic (exact) mass is 402 g/mol. The molecule has 0 aliphatic carbocycles. The Hall–Kier alpha value is -3.41. The van der Waals surface area contributed by atoms with Gasteiger partial charge in [0.1, 0.15) is 0 Å². The Balaban J connectivity index is 1.24. The predicted octanol–water partition coefficient (Wildman–Crippen LogP) is 2.89. The summed E-state index contributed by atoms with van der Waals surface area (Å²) < 4.78 is 1.81. The highest BCUT2D eigenvalue weighted by atomic mass is 16.2. The second kappa shape index (κ2) is 8.95. The first-order valence-electron chi connectivity index (χ1n) is 10.3. The van der Waals surface area contributed by atoms with Crippen molar-refractivity contribution in [2.24, 2.45) is 5.92 Å². The number of benzene rings is 2. The fourth-order valence-corrected chi connectivity index (χ4v) is 3.73. The molecular weight excluding hydrogens is 376 g/mol. The van der Waals surface area contributed by atoms with E-state index in [1.54, 1.807) is 11.1 Å². The highest BCUT2D eigenvalue weighted by Gasteiger charge is 2.33. The van der Waals surface area contributed by atoms with Gasteiger partial charge in [0.05, 0.1) is 11.6 Å². The van der Waals surface area contributed by atoms with Gasteiger partial charge in [-0.1, -0.05) is 42.0 Å². The van der Waals surface area contributed by atoms with Gasteiger partial charge in [-0.05, 0) is 42.7 Å². The smallest absolute Gasteiger partial charge is 0.225 e. The van der Waals surface area contributed by atoms with Crippen molar-refractivity contribution in [3.63, 3.8) is 0 Å². The standard InChI is InChI=1S/C24H26N4O2/c1-18-3-5-20(6-4-18)16-27-17-21(15-23(27)29)24(30)25-13-11-19-7-9-22(10-8-19)28-14-2-12-26-28/h2-10,12,14,21H,11,13,15-17H2,1H3,(H,25,30). The van der Waals surface area contributed by atoms with Crippen molar-refractivity contribution in [3.05, 3.63) is 83.7 Å². The Kier molecular flexibility index (Phi) is 5.93. The Morgan fingerprint density at radius 1 is 1.10 bits per heavy atom. The van der Waals surface area contributed by atoms with E-state index >= 15 is 0 Å². The Morgan fingerprint density at radius 2 is 1.83 bits per heavy atom. The topological polar surface area (TPSA) is 67.2 Å². The summed E-state index contributed by atoms with van der Waals surface area (Å²) in [4.78, 5) is 26.6.